The third-order valence-corrected chi connectivity index (χ3v) is 6.70. The third-order valence-electron chi connectivity index (χ3n) is 4.68. The van der Waals surface area contributed by atoms with E-state index >= 15 is 0 Å². The summed E-state index contributed by atoms with van der Waals surface area (Å²) in [4.78, 5) is 0.410. The number of methoxy groups -OCH3 is 1. The van der Waals surface area contributed by atoms with Crippen molar-refractivity contribution in [1.82, 2.24) is 9.62 Å². The van der Waals surface area contributed by atoms with Crippen molar-refractivity contribution >= 4 is 10.0 Å². The zero-order chi connectivity index (χ0) is 15.6. The molecule has 0 aromatic heterocycles. The second-order valence-electron chi connectivity index (χ2n) is 6.10. The number of ether oxygens (including phenoxy) is 1. The van der Waals surface area contributed by atoms with Gasteiger partial charge in [0.25, 0.3) is 0 Å². The van der Waals surface area contributed by atoms with Crippen LogP contribution in [0.5, 0.6) is 0 Å². The van der Waals surface area contributed by atoms with Crippen LogP contribution in [0.15, 0.2) is 29.2 Å². The number of benzene rings is 1. The van der Waals surface area contributed by atoms with E-state index in [4.69, 9.17) is 4.74 Å². The van der Waals surface area contributed by atoms with Gasteiger partial charge >= 0.3 is 0 Å². The van der Waals surface area contributed by atoms with Gasteiger partial charge in [0.15, 0.2) is 0 Å². The molecule has 2 bridgehead atoms. The Balaban J connectivity index is 1.83. The van der Waals surface area contributed by atoms with E-state index in [0.29, 0.717) is 11.5 Å². The first kappa shape index (κ1) is 15.9. The summed E-state index contributed by atoms with van der Waals surface area (Å²) in [5, 5.41) is 3.34. The van der Waals surface area contributed by atoms with E-state index < -0.39 is 10.0 Å². The number of hydrogen-bond donors (Lipinski definition) is 1. The fourth-order valence-electron chi connectivity index (χ4n) is 3.50. The normalized spacial score (nSPS) is 26.0. The highest BCUT2D eigenvalue weighted by atomic mass is 32.2. The van der Waals surface area contributed by atoms with Gasteiger partial charge in [0.2, 0.25) is 10.0 Å². The molecule has 2 fully saturated rings. The van der Waals surface area contributed by atoms with E-state index in [2.05, 4.69) is 5.32 Å². The Bertz CT molecular complexity index is 586. The van der Waals surface area contributed by atoms with Crippen LogP contribution in [0.3, 0.4) is 0 Å². The molecule has 5 nitrogen and oxygen atoms in total. The summed E-state index contributed by atoms with van der Waals surface area (Å²) in [6, 6.07) is 7.51. The van der Waals surface area contributed by atoms with E-state index in [1.165, 1.54) is 0 Å². The van der Waals surface area contributed by atoms with Crippen molar-refractivity contribution in [3.63, 3.8) is 0 Å². The maximum atomic E-state index is 13.0. The predicted octanol–water partition coefficient (Wildman–Crippen LogP) is 1.39. The fraction of sp³-hybridized carbons (Fsp3) is 0.625. The van der Waals surface area contributed by atoms with Gasteiger partial charge < -0.3 is 10.1 Å². The van der Waals surface area contributed by atoms with Crippen LogP contribution in [0.1, 0.15) is 24.8 Å². The van der Waals surface area contributed by atoms with Crippen LogP contribution in [0.4, 0.5) is 0 Å². The Labute approximate surface area is 132 Å². The molecule has 2 aliphatic heterocycles. The molecule has 0 aliphatic carbocycles. The van der Waals surface area contributed by atoms with Crippen molar-refractivity contribution in [3.8, 4) is 0 Å². The van der Waals surface area contributed by atoms with Crippen molar-refractivity contribution in [2.75, 3.05) is 26.8 Å². The molecular weight excluding hydrogens is 300 g/mol. The monoisotopic (exact) mass is 324 g/mol. The molecule has 122 valence electrons. The largest absolute Gasteiger partial charge is 0.384 e. The van der Waals surface area contributed by atoms with Crippen molar-refractivity contribution in [1.29, 1.82) is 0 Å². The number of fused-ring (bicyclic) bond motifs is 2. The summed E-state index contributed by atoms with van der Waals surface area (Å²) in [6.07, 6.45) is 3.65. The first-order chi connectivity index (χ1) is 10.6. The number of nitrogens with one attached hydrogen (secondary N) is 1. The van der Waals surface area contributed by atoms with E-state index in [1.807, 2.05) is 12.1 Å². The van der Waals surface area contributed by atoms with Crippen LogP contribution >= 0.6 is 0 Å². The average molecular weight is 324 g/mol. The van der Waals surface area contributed by atoms with Gasteiger partial charge in [-0.1, -0.05) is 12.1 Å². The molecule has 1 aromatic rings. The van der Waals surface area contributed by atoms with Crippen LogP contribution in [0, 0.1) is 0 Å². The summed E-state index contributed by atoms with van der Waals surface area (Å²) in [6.45, 7) is 2.32. The van der Waals surface area contributed by atoms with Gasteiger partial charge in [-0.25, -0.2) is 8.42 Å². The zero-order valence-corrected chi connectivity index (χ0v) is 13.8. The smallest absolute Gasteiger partial charge is 0.243 e. The van der Waals surface area contributed by atoms with E-state index in [1.54, 1.807) is 23.5 Å². The first-order valence-corrected chi connectivity index (χ1v) is 9.39. The standard InChI is InChI=1S/C16H24N2O3S/c1-21-11-9-13-2-6-16(7-3-13)22(19,20)18-14-4-5-15(18)12-17-10-8-14/h2-3,6-7,14-15,17H,4-5,8-12H2,1H3. The Hall–Kier alpha value is -0.950. The molecule has 0 amide bonds. The predicted molar refractivity (Wildman–Crippen MR) is 85.3 cm³/mol. The summed E-state index contributed by atoms with van der Waals surface area (Å²) in [5.74, 6) is 0. The average Bonchev–Trinajstić information content (AvgIpc) is 2.79. The van der Waals surface area contributed by atoms with E-state index in [-0.39, 0.29) is 12.1 Å². The van der Waals surface area contributed by atoms with Crippen molar-refractivity contribution in [3.05, 3.63) is 29.8 Å². The highest BCUT2D eigenvalue weighted by Gasteiger charge is 2.42. The number of hydrogen-bond acceptors (Lipinski definition) is 4. The molecule has 3 rings (SSSR count). The lowest BCUT2D eigenvalue weighted by molar-refractivity contribution is 0.202. The summed E-state index contributed by atoms with van der Waals surface area (Å²) < 4.78 is 32.8. The van der Waals surface area contributed by atoms with Gasteiger partial charge in [-0.15, -0.1) is 0 Å². The van der Waals surface area contributed by atoms with Gasteiger partial charge in [-0.05, 0) is 49.9 Å². The maximum Gasteiger partial charge on any atom is 0.243 e. The molecule has 0 saturated carbocycles. The molecule has 22 heavy (non-hydrogen) atoms. The van der Waals surface area contributed by atoms with Crippen LogP contribution in [0.2, 0.25) is 0 Å². The molecular formula is C16H24N2O3S. The quantitative estimate of drug-likeness (QED) is 0.889. The minimum atomic E-state index is -3.40. The topological polar surface area (TPSA) is 58.6 Å². The Kier molecular flexibility index (Phi) is 4.82. The first-order valence-electron chi connectivity index (χ1n) is 7.95. The molecule has 6 heteroatoms. The fourth-order valence-corrected chi connectivity index (χ4v) is 5.40. The van der Waals surface area contributed by atoms with Gasteiger partial charge in [0.05, 0.1) is 11.5 Å². The van der Waals surface area contributed by atoms with E-state index in [0.717, 1.165) is 44.3 Å². The van der Waals surface area contributed by atoms with E-state index in [9.17, 15) is 8.42 Å². The van der Waals surface area contributed by atoms with Crippen LogP contribution < -0.4 is 5.32 Å². The summed E-state index contributed by atoms with van der Waals surface area (Å²) in [7, 11) is -1.73. The lowest BCUT2D eigenvalue weighted by Crippen LogP contribution is -2.42. The molecule has 2 aliphatic rings. The number of rotatable bonds is 5. The molecule has 0 spiro atoms. The molecule has 2 saturated heterocycles. The second kappa shape index (κ2) is 6.66. The summed E-state index contributed by atoms with van der Waals surface area (Å²) >= 11 is 0. The molecule has 2 atom stereocenters. The highest BCUT2D eigenvalue weighted by molar-refractivity contribution is 7.89. The van der Waals surface area contributed by atoms with Gasteiger partial charge in [-0.3, -0.25) is 0 Å². The van der Waals surface area contributed by atoms with Crippen molar-refractivity contribution in [2.24, 2.45) is 0 Å². The second-order valence-corrected chi connectivity index (χ2v) is 7.94. The van der Waals surface area contributed by atoms with Crippen molar-refractivity contribution in [2.45, 2.75) is 42.7 Å². The van der Waals surface area contributed by atoms with Gasteiger partial charge in [0.1, 0.15) is 0 Å². The van der Waals surface area contributed by atoms with Gasteiger partial charge in [0, 0.05) is 25.7 Å². The minimum Gasteiger partial charge on any atom is -0.384 e. The zero-order valence-electron chi connectivity index (χ0n) is 13.0. The van der Waals surface area contributed by atoms with Crippen LogP contribution in [-0.4, -0.2) is 51.6 Å². The third kappa shape index (κ3) is 3.06. The molecule has 2 heterocycles. The minimum absolute atomic E-state index is 0.102. The molecule has 1 N–H and O–H groups in total. The van der Waals surface area contributed by atoms with Crippen LogP contribution in [0.25, 0.3) is 0 Å². The number of nitrogens with zero attached hydrogens (tertiary/aromatic N) is 1. The summed E-state index contributed by atoms with van der Waals surface area (Å²) in [5.41, 5.74) is 1.10. The molecule has 1 aromatic carbocycles. The SMILES string of the molecule is COCCc1ccc(S(=O)(=O)N2C3CCNCC2CC3)cc1. The maximum absolute atomic E-state index is 13.0. The van der Waals surface area contributed by atoms with Crippen LogP contribution in [-0.2, 0) is 21.2 Å². The Morgan fingerprint density at radius 3 is 2.64 bits per heavy atom. The Morgan fingerprint density at radius 2 is 1.91 bits per heavy atom. The van der Waals surface area contributed by atoms with Crippen molar-refractivity contribution < 1.29 is 13.2 Å². The lowest BCUT2D eigenvalue weighted by atomic mass is 10.1. The lowest BCUT2D eigenvalue weighted by Gasteiger charge is -2.27. The molecule has 0 radical (unpaired) electrons. The van der Waals surface area contributed by atoms with Gasteiger partial charge in [-0.2, -0.15) is 4.31 Å². The highest BCUT2D eigenvalue weighted by Crippen LogP contribution is 2.33. The Morgan fingerprint density at radius 1 is 1.18 bits per heavy atom. The number of sulfonamides is 1. The molecule has 2 unspecified atom stereocenters.